The summed E-state index contributed by atoms with van der Waals surface area (Å²) in [5.74, 6) is 1.57. The van der Waals surface area contributed by atoms with Crippen LogP contribution in [0, 0.1) is 0 Å². The zero-order valence-corrected chi connectivity index (χ0v) is 13.8. The number of rotatable bonds is 4. The molecule has 0 aliphatic carbocycles. The maximum Gasteiger partial charge on any atom is 0.161 e. The summed E-state index contributed by atoms with van der Waals surface area (Å²) in [5, 5.41) is 13.3. The highest BCUT2D eigenvalue weighted by atomic mass is 35.5. The molecule has 0 radical (unpaired) electrons. The first kappa shape index (κ1) is 16.0. The van der Waals surface area contributed by atoms with Gasteiger partial charge >= 0.3 is 0 Å². The maximum atomic E-state index is 9.26. The third-order valence-electron chi connectivity index (χ3n) is 3.86. The molecule has 1 unspecified atom stereocenters. The van der Waals surface area contributed by atoms with Gasteiger partial charge in [0, 0.05) is 12.5 Å². The van der Waals surface area contributed by atoms with Crippen LogP contribution in [-0.4, -0.2) is 18.3 Å². The van der Waals surface area contributed by atoms with Crippen molar-refractivity contribution in [3.63, 3.8) is 0 Å². The SMILES string of the molecule is CC(Nc1cc(CO)ccc1Cl)c1ccc2c(c1)OCCCO2. The second kappa shape index (κ2) is 7.11. The number of benzene rings is 2. The van der Waals surface area contributed by atoms with Crippen molar-refractivity contribution in [2.24, 2.45) is 0 Å². The highest BCUT2D eigenvalue weighted by Gasteiger charge is 2.14. The molecule has 1 aliphatic heterocycles. The molecule has 1 heterocycles. The van der Waals surface area contributed by atoms with Crippen LogP contribution in [0.2, 0.25) is 5.02 Å². The van der Waals surface area contributed by atoms with Crippen molar-refractivity contribution in [3.8, 4) is 11.5 Å². The van der Waals surface area contributed by atoms with E-state index in [1.54, 1.807) is 6.07 Å². The number of ether oxygens (including phenoxy) is 2. The van der Waals surface area contributed by atoms with Crippen LogP contribution < -0.4 is 14.8 Å². The van der Waals surface area contributed by atoms with Gasteiger partial charge in [-0.05, 0) is 42.3 Å². The van der Waals surface area contributed by atoms with Gasteiger partial charge in [-0.15, -0.1) is 0 Å². The first-order chi connectivity index (χ1) is 11.2. The van der Waals surface area contributed by atoms with Gasteiger partial charge < -0.3 is 19.9 Å². The summed E-state index contributed by atoms with van der Waals surface area (Å²) in [7, 11) is 0. The molecule has 122 valence electrons. The van der Waals surface area contributed by atoms with Crippen LogP contribution in [0.5, 0.6) is 11.5 Å². The van der Waals surface area contributed by atoms with E-state index in [-0.39, 0.29) is 12.6 Å². The minimum atomic E-state index is -0.00967. The van der Waals surface area contributed by atoms with E-state index in [9.17, 15) is 5.11 Å². The molecule has 2 N–H and O–H groups in total. The van der Waals surface area contributed by atoms with E-state index in [1.165, 1.54) is 0 Å². The molecule has 4 nitrogen and oxygen atoms in total. The minimum absolute atomic E-state index is 0.00967. The second-order valence-corrected chi connectivity index (χ2v) is 6.00. The average molecular weight is 334 g/mol. The Bertz CT molecular complexity index is 690. The fourth-order valence-electron chi connectivity index (χ4n) is 2.55. The quantitative estimate of drug-likeness (QED) is 0.881. The predicted octanol–water partition coefficient (Wildman–Crippen LogP) is 4.17. The molecule has 0 aromatic heterocycles. The number of halogens is 1. The van der Waals surface area contributed by atoms with Crippen LogP contribution in [0.3, 0.4) is 0 Å². The molecule has 0 bridgehead atoms. The number of hydrogen-bond acceptors (Lipinski definition) is 4. The van der Waals surface area contributed by atoms with E-state index < -0.39 is 0 Å². The summed E-state index contributed by atoms with van der Waals surface area (Å²) in [4.78, 5) is 0. The van der Waals surface area contributed by atoms with Crippen molar-refractivity contribution < 1.29 is 14.6 Å². The van der Waals surface area contributed by atoms with Crippen LogP contribution in [0.4, 0.5) is 5.69 Å². The van der Waals surface area contributed by atoms with Gasteiger partial charge in [0.2, 0.25) is 0 Å². The molecule has 23 heavy (non-hydrogen) atoms. The third-order valence-corrected chi connectivity index (χ3v) is 4.19. The largest absolute Gasteiger partial charge is 0.490 e. The van der Waals surface area contributed by atoms with Gasteiger partial charge in [-0.25, -0.2) is 0 Å². The summed E-state index contributed by atoms with van der Waals surface area (Å²) >= 11 is 6.23. The van der Waals surface area contributed by atoms with E-state index in [0.29, 0.717) is 18.2 Å². The molecule has 3 rings (SSSR count). The summed E-state index contributed by atoms with van der Waals surface area (Å²) in [6.45, 7) is 3.40. The van der Waals surface area contributed by atoms with Gasteiger partial charge in [0.1, 0.15) is 0 Å². The molecular weight excluding hydrogens is 314 g/mol. The van der Waals surface area contributed by atoms with Crippen LogP contribution >= 0.6 is 11.6 Å². The van der Waals surface area contributed by atoms with E-state index in [4.69, 9.17) is 21.1 Å². The van der Waals surface area contributed by atoms with Gasteiger partial charge in [0.05, 0.1) is 30.5 Å². The van der Waals surface area contributed by atoms with E-state index in [0.717, 1.165) is 34.7 Å². The summed E-state index contributed by atoms with van der Waals surface area (Å²) in [5.41, 5.74) is 2.71. The fourth-order valence-corrected chi connectivity index (χ4v) is 2.72. The van der Waals surface area contributed by atoms with Crippen molar-refractivity contribution in [2.75, 3.05) is 18.5 Å². The zero-order valence-electron chi connectivity index (χ0n) is 13.0. The molecule has 5 heteroatoms. The lowest BCUT2D eigenvalue weighted by Crippen LogP contribution is -2.08. The standard InChI is InChI=1S/C18H20ClNO3/c1-12(20-16-9-13(11-21)3-5-15(16)19)14-4-6-17-18(10-14)23-8-2-7-22-17/h3-6,9-10,12,20-21H,2,7-8,11H2,1H3. The molecule has 1 atom stereocenters. The molecule has 2 aromatic rings. The van der Waals surface area contributed by atoms with Gasteiger partial charge in [-0.3, -0.25) is 0 Å². The number of aliphatic hydroxyl groups is 1. The average Bonchev–Trinajstić information content (AvgIpc) is 2.81. The normalized spacial score (nSPS) is 14.9. The van der Waals surface area contributed by atoms with Crippen LogP contribution in [0.25, 0.3) is 0 Å². The first-order valence-corrected chi connectivity index (χ1v) is 8.10. The molecule has 0 saturated heterocycles. The summed E-state index contributed by atoms with van der Waals surface area (Å²) in [6, 6.07) is 11.5. The number of nitrogens with one attached hydrogen (secondary N) is 1. The summed E-state index contributed by atoms with van der Waals surface area (Å²) in [6.07, 6.45) is 0.890. The van der Waals surface area contributed by atoms with Crippen molar-refractivity contribution in [3.05, 3.63) is 52.5 Å². The number of fused-ring (bicyclic) bond motifs is 1. The molecule has 0 amide bonds. The fraction of sp³-hybridized carbons (Fsp3) is 0.333. The van der Waals surface area contributed by atoms with Gasteiger partial charge in [-0.1, -0.05) is 23.7 Å². The van der Waals surface area contributed by atoms with Gasteiger partial charge in [0.25, 0.3) is 0 Å². The van der Waals surface area contributed by atoms with Gasteiger partial charge in [0.15, 0.2) is 11.5 Å². The van der Waals surface area contributed by atoms with Crippen LogP contribution in [-0.2, 0) is 6.61 Å². The monoisotopic (exact) mass is 333 g/mol. The Labute approximate surface area is 141 Å². The Balaban J connectivity index is 1.81. The molecule has 0 spiro atoms. The molecule has 2 aromatic carbocycles. The highest BCUT2D eigenvalue weighted by Crippen LogP contribution is 2.34. The first-order valence-electron chi connectivity index (χ1n) is 7.73. The predicted molar refractivity (Wildman–Crippen MR) is 91.5 cm³/mol. The Morgan fingerprint density at radius 1 is 1.13 bits per heavy atom. The Hall–Kier alpha value is -1.91. The topological polar surface area (TPSA) is 50.7 Å². The third kappa shape index (κ3) is 3.71. The number of anilines is 1. The second-order valence-electron chi connectivity index (χ2n) is 5.59. The number of hydrogen-bond donors (Lipinski definition) is 2. The minimum Gasteiger partial charge on any atom is -0.490 e. The Kier molecular flexibility index (Phi) is 4.94. The lowest BCUT2D eigenvalue weighted by atomic mass is 10.1. The van der Waals surface area contributed by atoms with Crippen LogP contribution in [0.15, 0.2) is 36.4 Å². The summed E-state index contributed by atoms with van der Waals surface area (Å²) < 4.78 is 11.4. The lowest BCUT2D eigenvalue weighted by molar-refractivity contribution is 0.282. The zero-order chi connectivity index (χ0) is 16.2. The van der Waals surface area contributed by atoms with E-state index in [2.05, 4.69) is 12.2 Å². The molecule has 0 saturated carbocycles. The maximum absolute atomic E-state index is 9.26. The highest BCUT2D eigenvalue weighted by molar-refractivity contribution is 6.33. The lowest BCUT2D eigenvalue weighted by Gasteiger charge is -2.19. The van der Waals surface area contributed by atoms with E-state index in [1.807, 2.05) is 30.3 Å². The van der Waals surface area contributed by atoms with Crippen molar-refractivity contribution in [1.82, 2.24) is 0 Å². The number of aliphatic hydroxyl groups excluding tert-OH is 1. The van der Waals surface area contributed by atoms with Gasteiger partial charge in [-0.2, -0.15) is 0 Å². The van der Waals surface area contributed by atoms with Crippen LogP contribution in [0.1, 0.15) is 30.5 Å². The Morgan fingerprint density at radius 2 is 1.91 bits per heavy atom. The van der Waals surface area contributed by atoms with Crippen molar-refractivity contribution in [1.29, 1.82) is 0 Å². The molecular formula is C18H20ClNO3. The van der Waals surface area contributed by atoms with Crippen molar-refractivity contribution in [2.45, 2.75) is 26.0 Å². The Morgan fingerprint density at radius 3 is 2.70 bits per heavy atom. The smallest absolute Gasteiger partial charge is 0.161 e. The molecule has 1 aliphatic rings. The van der Waals surface area contributed by atoms with Crippen molar-refractivity contribution >= 4 is 17.3 Å². The molecule has 0 fully saturated rings. The van der Waals surface area contributed by atoms with E-state index >= 15 is 0 Å².